The van der Waals surface area contributed by atoms with E-state index < -0.39 is 30.9 Å². The minimum Gasteiger partial charge on any atom is -0.550 e. The van der Waals surface area contributed by atoms with E-state index in [1.165, 1.54) is 0 Å². The zero-order valence-corrected chi connectivity index (χ0v) is 9.53. The van der Waals surface area contributed by atoms with E-state index in [2.05, 4.69) is 4.74 Å². The van der Waals surface area contributed by atoms with Gasteiger partial charge < -0.3 is 19.7 Å². The Labute approximate surface area is 110 Å². The number of esters is 1. The van der Waals surface area contributed by atoms with Crippen molar-refractivity contribution in [2.24, 2.45) is 0 Å². The molecule has 0 saturated carbocycles. The summed E-state index contributed by atoms with van der Waals surface area (Å²) in [5.74, 6) is -4.05. The Balaban J connectivity index is 0. The molecule has 0 fully saturated rings. The number of aliphatic carboxylic acids is 2. The van der Waals surface area contributed by atoms with Gasteiger partial charge in [0.1, 0.15) is 0 Å². The molecule has 0 rings (SSSR count). The Bertz CT molecular complexity index is 188. The summed E-state index contributed by atoms with van der Waals surface area (Å²) in [6, 6.07) is 0. The Kier molecular flexibility index (Phi) is 9.32. The van der Waals surface area contributed by atoms with Gasteiger partial charge in [-0.3, -0.25) is 4.79 Å². The monoisotopic (exact) mass is 200 g/mol. The van der Waals surface area contributed by atoms with Crippen LogP contribution in [-0.2, 0) is 19.1 Å². The van der Waals surface area contributed by atoms with Crippen LogP contribution in [0.25, 0.3) is 0 Å². The van der Waals surface area contributed by atoms with Gasteiger partial charge in [0.05, 0.1) is 12.4 Å². The average Bonchev–Trinajstić information content (AvgIpc) is 1.82. The van der Waals surface area contributed by atoms with Crippen LogP contribution in [0.5, 0.6) is 0 Å². The van der Waals surface area contributed by atoms with Crippen LogP contribution in [-0.4, -0.2) is 29.6 Å². The topological polar surface area (TPSA) is 104 Å². The van der Waals surface area contributed by atoms with Crippen molar-refractivity contribution in [1.29, 1.82) is 0 Å². The fourth-order valence-corrected chi connectivity index (χ4v) is 0.311. The zero-order valence-electron chi connectivity index (χ0n) is 6.40. The van der Waals surface area contributed by atoms with Gasteiger partial charge in [0, 0.05) is 0 Å². The molecule has 0 aliphatic heterocycles. The summed E-state index contributed by atoms with van der Waals surface area (Å²) >= 11 is 0. The van der Waals surface area contributed by atoms with Crippen LogP contribution in [0.2, 0.25) is 0 Å². The van der Waals surface area contributed by atoms with E-state index in [-0.39, 0.29) is 51.4 Å². The molecule has 0 amide bonds. The first kappa shape index (κ1) is 14.6. The van der Waals surface area contributed by atoms with Crippen LogP contribution in [0, 0.1) is 0 Å². The van der Waals surface area contributed by atoms with Gasteiger partial charge in [-0.15, -0.1) is 0 Å². The third-order valence-corrected chi connectivity index (χ3v) is 0.645. The first-order valence-corrected chi connectivity index (χ1v) is 2.59. The van der Waals surface area contributed by atoms with Gasteiger partial charge in [0.15, 0.2) is 6.61 Å². The molecule has 62 valence electrons. The third kappa shape index (κ3) is 10.0. The SMILES string of the molecule is O=C([O-])CC(=O)OCC(=O)O.[K+]. The molecule has 1 N–H and O–H groups in total. The summed E-state index contributed by atoms with van der Waals surface area (Å²) in [6.45, 7) is -0.827. The third-order valence-electron chi connectivity index (χ3n) is 0.645. The minimum absolute atomic E-state index is 0. The van der Waals surface area contributed by atoms with Gasteiger partial charge in [-0.25, -0.2) is 4.79 Å². The van der Waals surface area contributed by atoms with Crippen molar-refractivity contribution in [2.45, 2.75) is 6.42 Å². The van der Waals surface area contributed by atoms with Crippen molar-refractivity contribution in [3.63, 3.8) is 0 Å². The van der Waals surface area contributed by atoms with Crippen LogP contribution in [0.3, 0.4) is 0 Å². The minimum atomic E-state index is -1.60. The van der Waals surface area contributed by atoms with E-state index in [0.29, 0.717) is 0 Å². The first-order chi connectivity index (χ1) is 5.02. The van der Waals surface area contributed by atoms with Crippen LogP contribution < -0.4 is 56.5 Å². The second-order valence-corrected chi connectivity index (χ2v) is 1.60. The first-order valence-electron chi connectivity index (χ1n) is 2.59. The van der Waals surface area contributed by atoms with Crippen LogP contribution in [0.1, 0.15) is 6.42 Å². The molecule has 6 nitrogen and oxygen atoms in total. The maximum absolute atomic E-state index is 10.3. The number of hydrogen-bond donors (Lipinski definition) is 1. The van der Waals surface area contributed by atoms with Gasteiger partial charge >= 0.3 is 63.3 Å². The van der Waals surface area contributed by atoms with Gasteiger partial charge in [0.25, 0.3) is 0 Å². The molecule has 12 heavy (non-hydrogen) atoms. The molecule has 0 atom stereocenters. The number of ether oxygens (including phenoxy) is 1. The van der Waals surface area contributed by atoms with Crippen molar-refractivity contribution in [3.8, 4) is 0 Å². The Hall–Kier alpha value is 0.0464. The second-order valence-electron chi connectivity index (χ2n) is 1.60. The fraction of sp³-hybridized carbons (Fsp3) is 0.400. The molecule has 0 aliphatic carbocycles. The van der Waals surface area contributed by atoms with Crippen molar-refractivity contribution >= 4 is 17.9 Å². The van der Waals surface area contributed by atoms with Crippen molar-refractivity contribution in [1.82, 2.24) is 0 Å². The molecular formula is C5H5KO6. The number of carbonyl (C=O) groups is 3. The standard InChI is InChI=1S/C5H6O6.K/c6-3(7)1-5(10)11-2-4(8)9;/h1-2H2,(H,6,7)(H,8,9);/q;+1/p-1. The molecule has 7 heteroatoms. The molecular weight excluding hydrogens is 195 g/mol. The molecule has 0 aromatic carbocycles. The van der Waals surface area contributed by atoms with E-state index in [1.807, 2.05) is 0 Å². The van der Waals surface area contributed by atoms with Crippen LogP contribution in [0.15, 0.2) is 0 Å². The average molecular weight is 200 g/mol. The van der Waals surface area contributed by atoms with E-state index >= 15 is 0 Å². The summed E-state index contributed by atoms with van der Waals surface area (Å²) in [6.07, 6.45) is -0.923. The molecule has 0 bridgehead atoms. The van der Waals surface area contributed by atoms with Crippen molar-refractivity contribution in [3.05, 3.63) is 0 Å². The quantitative estimate of drug-likeness (QED) is 0.276. The fourth-order valence-electron chi connectivity index (χ4n) is 0.311. The van der Waals surface area contributed by atoms with Gasteiger partial charge in [-0.05, 0) is 0 Å². The van der Waals surface area contributed by atoms with Gasteiger partial charge in [-0.2, -0.15) is 0 Å². The van der Waals surface area contributed by atoms with Crippen LogP contribution in [0.4, 0.5) is 0 Å². The predicted molar refractivity (Wildman–Crippen MR) is 28.2 cm³/mol. The normalized spacial score (nSPS) is 8.00. The number of hydrogen-bond acceptors (Lipinski definition) is 5. The van der Waals surface area contributed by atoms with Crippen LogP contribution >= 0.6 is 0 Å². The Morgan fingerprint density at radius 1 is 1.33 bits per heavy atom. The van der Waals surface area contributed by atoms with E-state index in [9.17, 15) is 19.5 Å². The molecule has 0 aromatic rings. The molecule has 0 spiro atoms. The van der Waals surface area contributed by atoms with Gasteiger partial charge in [-0.1, -0.05) is 0 Å². The van der Waals surface area contributed by atoms with E-state index in [4.69, 9.17) is 5.11 Å². The summed E-state index contributed by atoms with van der Waals surface area (Å²) in [7, 11) is 0. The summed E-state index contributed by atoms with van der Waals surface area (Å²) < 4.78 is 3.95. The summed E-state index contributed by atoms with van der Waals surface area (Å²) in [5.41, 5.74) is 0. The Morgan fingerprint density at radius 2 is 1.83 bits per heavy atom. The molecule has 0 unspecified atom stereocenters. The smallest absolute Gasteiger partial charge is 0.550 e. The maximum Gasteiger partial charge on any atom is 1.00 e. The zero-order chi connectivity index (χ0) is 8.85. The van der Waals surface area contributed by atoms with Gasteiger partial charge in [0.2, 0.25) is 0 Å². The molecule has 0 aliphatic rings. The predicted octanol–water partition coefficient (Wildman–Crippen LogP) is -5.24. The second kappa shape index (κ2) is 7.68. The number of rotatable bonds is 4. The molecule has 0 saturated heterocycles. The van der Waals surface area contributed by atoms with E-state index in [1.54, 1.807) is 0 Å². The van der Waals surface area contributed by atoms with E-state index in [0.717, 1.165) is 0 Å². The maximum atomic E-state index is 10.3. The van der Waals surface area contributed by atoms with Crippen molar-refractivity contribution < 1.29 is 80.7 Å². The summed E-state index contributed by atoms with van der Waals surface area (Å²) in [5, 5.41) is 17.7. The molecule has 0 heterocycles. The Morgan fingerprint density at radius 3 is 2.17 bits per heavy atom. The number of carboxylic acids is 2. The molecule has 0 aromatic heterocycles. The largest absolute Gasteiger partial charge is 1.00 e. The number of carboxylic acid groups (broad SMARTS) is 2. The summed E-state index contributed by atoms with van der Waals surface area (Å²) in [4.78, 5) is 29.7. The van der Waals surface area contributed by atoms with Crippen molar-refractivity contribution in [2.75, 3.05) is 6.61 Å². The number of carbonyl (C=O) groups excluding carboxylic acids is 2. The molecule has 0 radical (unpaired) electrons.